The van der Waals surface area contributed by atoms with Gasteiger partial charge in [-0.2, -0.15) is 0 Å². The minimum Gasteiger partial charge on any atom is -0.463 e. The molecule has 6 heteroatoms. The van der Waals surface area contributed by atoms with Crippen LogP contribution in [0, 0.1) is 5.92 Å². The number of unbranched alkanes of at least 4 members (excludes halogenated alkanes) is 5. The lowest BCUT2D eigenvalue weighted by Gasteiger charge is -2.12. The highest BCUT2D eigenvalue weighted by atomic mass is 16.6. The van der Waals surface area contributed by atoms with E-state index in [0.29, 0.717) is 19.3 Å². The number of carbonyl (C=O) groups excluding carboxylic acids is 2. The van der Waals surface area contributed by atoms with E-state index < -0.39 is 12.2 Å². The summed E-state index contributed by atoms with van der Waals surface area (Å²) in [5, 5.41) is 19.7. The zero-order chi connectivity index (χ0) is 32.5. The van der Waals surface area contributed by atoms with Gasteiger partial charge in [-0.3, -0.25) is 9.59 Å². The molecule has 3 atom stereocenters. The summed E-state index contributed by atoms with van der Waals surface area (Å²) in [7, 11) is 0. The van der Waals surface area contributed by atoms with Gasteiger partial charge in [0.05, 0.1) is 6.10 Å². The Morgan fingerprint density at radius 1 is 0.659 bits per heavy atom. The highest BCUT2D eigenvalue weighted by molar-refractivity contribution is 5.70. The van der Waals surface area contributed by atoms with E-state index >= 15 is 0 Å². The number of ether oxygens (including phenoxy) is 2. The molecule has 2 unspecified atom stereocenters. The number of aliphatic hydroxyl groups excluding tert-OH is 2. The average Bonchev–Trinajstić information content (AvgIpc) is 3.02. The van der Waals surface area contributed by atoms with Crippen LogP contribution >= 0.6 is 0 Å². The Labute approximate surface area is 268 Å². The van der Waals surface area contributed by atoms with Crippen LogP contribution in [0.3, 0.4) is 0 Å². The van der Waals surface area contributed by atoms with Gasteiger partial charge >= 0.3 is 11.9 Å². The fourth-order valence-corrected chi connectivity index (χ4v) is 4.11. The molecule has 0 saturated heterocycles. The van der Waals surface area contributed by atoms with E-state index in [2.05, 4.69) is 57.2 Å². The maximum atomic E-state index is 11.9. The van der Waals surface area contributed by atoms with E-state index in [1.54, 1.807) is 6.08 Å². The quantitative estimate of drug-likeness (QED) is 0.0395. The van der Waals surface area contributed by atoms with E-state index in [0.717, 1.165) is 50.9 Å². The van der Waals surface area contributed by atoms with Crippen molar-refractivity contribution >= 4 is 11.9 Å². The second-order valence-electron chi connectivity index (χ2n) is 11.3. The molecule has 0 aromatic rings. The van der Waals surface area contributed by atoms with Gasteiger partial charge < -0.3 is 19.7 Å². The van der Waals surface area contributed by atoms with Crippen LogP contribution in [0.15, 0.2) is 72.9 Å². The maximum absolute atomic E-state index is 11.9. The van der Waals surface area contributed by atoms with Crippen molar-refractivity contribution in [2.45, 2.75) is 136 Å². The zero-order valence-electron chi connectivity index (χ0n) is 27.9. The van der Waals surface area contributed by atoms with Crippen LogP contribution in [0.5, 0.6) is 0 Å². The van der Waals surface area contributed by atoms with Crippen LogP contribution in [-0.4, -0.2) is 47.6 Å². The largest absolute Gasteiger partial charge is 0.463 e. The summed E-state index contributed by atoms with van der Waals surface area (Å²) in [6.45, 7) is 6.29. The van der Waals surface area contributed by atoms with E-state index in [9.17, 15) is 19.8 Å². The number of carbonyl (C=O) groups is 2. The predicted octanol–water partition coefficient (Wildman–Crippen LogP) is 9.05. The molecule has 250 valence electrons. The lowest BCUT2D eigenvalue weighted by Crippen LogP contribution is -2.25. The third-order valence-electron chi connectivity index (χ3n) is 7.09. The van der Waals surface area contributed by atoms with Crippen LogP contribution in [0.1, 0.15) is 124 Å². The number of allylic oxidation sites excluding steroid dienone is 10. The monoisotopic (exact) mass is 614 g/mol. The molecular formula is C38H62O6. The molecule has 0 aliphatic rings. The van der Waals surface area contributed by atoms with Crippen LogP contribution in [0.2, 0.25) is 0 Å². The van der Waals surface area contributed by atoms with Gasteiger partial charge in [-0.05, 0) is 50.9 Å². The normalized spacial score (nSPS) is 14.6. The number of aliphatic hydroxyl groups is 2. The van der Waals surface area contributed by atoms with E-state index in [1.807, 2.05) is 30.4 Å². The van der Waals surface area contributed by atoms with E-state index in [1.165, 1.54) is 32.1 Å². The van der Waals surface area contributed by atoms with Crippen molar-refractivity contribution in [2.75, 3.05) is 13.2 Å². The van der Waals surface area contributed by atoms with Crippen LogP contribution in [0.25, 0.3) is 0 Å². The summed E-state index contributed by atoms with van der Waals surface area (Å²) < 4.78 is 10.2. The molecule has 0 heterocycles. The molecule has 0 radical (unpaired) electrons. The molecule has 0 aromatic carbocycles. The molecule has 0 aliphatic carbocycles. The molecular weight excluding hydrogens is 552 g/mol. The average molecular weight is 615 g/mol. The first kappa shape index (κ1) is 41.3. The molecule has 44 heavy (non-hydrogen) atoms. The first-order valence-corrected chi connectivity index (χ1v) is 17.0. The van der Waals surface area contributed by atoms with Crippen LogP contribution in [0.4, 0.5) is 0 Å². The number of rotatable bonds is 28. The molecule has 0 aromatic heterocycles. The fourth-order valence-electron chi connectivity index (χ4n) is 4.11. The molecule has 0 saturated carbocycles. The number of hydrogen-bond acceptors (Lipinski definition) is 6. The van der Waals surface area contributed by atoms with Crippen molar-refractivity contribution in [3.05, 3.63) is 72.9 Å². The van der Waals surface area contributed by atoms with Crippen molar-refractivity contribution in [3.8, 4) is 0 Å². The van der Waals surface area contributed by atoms with Gasteiger partial charge in [0, 0.05) is 12.8 Å². The Morgan fingerprint density at radius 3 is 1.86 bits per heavy atom. The first-order valence-electron chi connectivity index (χ1n) is 17.0. The molecule has 0 rings (SSSR count). The smallest absolute Gasteiger partial charge is 0.306 e. The zero-order valence-corrected chi connectivity index (χ0v) is 27.9. The Balaban J connectivity index is 3.71. The third kappa shape index (κ3) is 30.7. The van der Waals surface area contributed by atoms with E-state index in [-0.39, 0.29) is 31.6 Å². The summed E-state index contributed by atoms with van der Waals surface area (Å²) in [6, 6.07) is 0. The predicted molar refractivity (Wildman–Crippen MR) is 183 cm³/mol. The highest BCUT2D eigenvalue weighted by Gasteiger charge is 2.11. The third-order valence-corrected chi connectivity index (χ3v) is 7.09. The molecule has 2 N–H and O–H groups in total. The van der Waals surface area contributed by atoms with Crippen molar-refractivity contribution in [1.29, 1.82) is 0 Å². The molecule has 0 spiro atoms. The Hall–Kier alpha value is -2.70. The first-order chi connectivity index (χ1) is 21.4. The highest BCUT2D eigenvalue weighted by Crippen LogP contribution is 2.14. The van der Waals surface area contributed by atoms with Gasteiger partial charge in [0.15, 0.2) is 0 Å². The topological polar surface area (TPSA) is 93.1 Å². The minimum atomic E-state index is -1.01. The standard InChI is InChI=1S/C38H62O6/c1-4-6-22-28-35(39)29-24-19-14-12-10-8-7-9-11-13-15-20-25-30-37(41)43-32-36(40)33-44-38(42)31-26-21-17-16-18-23-27-34(3)5-2/h6,8-11,14-15,19-20,22,24,29,34-36,39-40H,4-5,7,12-13,16-18,21,23,25-28,30-33H2,1-3H3/b10-8-,11-9-,19-14+,20-15-,22-6-,29-24+/t34?,35?,36-/m1/s1. The maximum Gasteiger partial charge on any atom is 0.306 e. The lowest BCUT2D eigenvalue weighted by atomic mass is 10.00. The number of hydrogen-bond donors (Lipinski definition) is 2. The molecule has 0 amide bonds. The van der Waals surface area contributed by atoms with Crippen molar-refractivity contribution < 1.29 is 29.3 Å². The SMILES string of the molecule is CC/C=C\CC(O)/C=C/C=C/C/C=C\C/C=C\C/C=C\CCC(=O)OC[C@@H](O)COC(=O)CCCCCCCCC(C)CC. The van der Waals surface area contributed by atoms with Gasteiger partial charge in [0.1, 0.15) is 19.3 Å². The summed E-state index contributed by atoms with van der Waals surface area (Å²) in [6.07, 6.45) is 37.3. The summed E-state index contributed by atoms with van der Waals surface area (Å²) >= 11 is 0. The van der Waals surface area contributed by atoms with E-state index in [4.69, 9.17) is 9.47 Å². The van der Waals surface area contributed by atoms with Crippen molar-refractivity contribution in [1.82, 2.24) is 0 Å². The molecule has 0 bridgehead atoms. The molecule has 0 aliphatic heterocycles. The molecule has 6 nitrogen and oxygen atoms in total. The summed E-state index contributed by atoms with van der Waals surface area (Å²) in [4.78, 5) is 23.7. The van der Waals surface area contributed by atoms with Gasteiger partial charge in [-0.25, -0.2) is 0 Å². The van der Waals surface area contributed by atoms with Gasteiger partial charge in [-0.1, -0.05) is 139 Å². The minimum absolute atomic E-state index is 0.153. The Kier molecular flexibility index (Phi) is 29.8. The second kappa shape index (κ2) is 31.7. The van der Waals surface area contributed by atoms with Crippen LogP contribution in [-0.2, 0) is 19.1 Å². The Bertz CT molecular complexity index is 867. The van der Waals surface area contributed by atoms with Crippen molar-refractivity contribution in [2.24, 2.45) is 5.92 Å². The summed E-state index contributed by atoms with van der Waals surface area (Å²) in [5.41, 5.74) is 0. The lowest BCUT2D eigenvalue weighted by molar-refractivity contribution is -0.152. The molecule has 0 fully saturated rings. The van der Waals surface area contributed by atoms with Crippen LogP contribution < -0.4 is 0 Å². The second-order valence-corrected chi connectivity index (χ2v) is 11.3. The van der Waals surface area contributed by atoms with Gasteiger partial charge in [-0.15, -0.1) is 0 Å². The van der Waals surface area contributed by atoms with Gasteiger partial charge in [0.2, 0.25) is 0 Å². The van der Waals surface area contributed by atoms with Crippen molar-refractivity contribution in [3.63, 3.8) is 0 Å². The Morgan fingerprint density at radius 2 is 1.23 bits per heavy atom. The van der Waals surface area contributed by atoms with Gasteiger partial charge in [0.25, 0.3) is 0 Å². The summed E-state index contributed by atoms with van der Waals surface area (Å²) in [5.74, 6) is 0.124. The fraction of sp³-hybridized carbons (Fsp3) is 0.632. The number of esters is 2.